The molecular formula is C18H20ClNO. The molecule has 0 saturated carbocycles. The van der Waals surface area contributed by atoms with Gasteiger partial charge in [0.25, 0.3) is 0 Å². The Kier molecular flexibility index (Phi) is 4.79. The summed E-state index contributed by atoms with van der Waals surface area (Å²) in [4.78, 5) is 2.38. The molecule has 2 aliphatic rings. The van der Waals surface area contributed by atoms with Gasteiger partial charge in [-0.05, 0) is 36.1 Å². The Morgan fingerprint density at radius 2 is 2.05 bits per heavy atom. The molecule has 0 unspecified atom stereocenters. The molecule has 1 heterocycles. The van der Waals surface area contributed by atoms with Crippen LogP contribution in [0.25, 0.3) is 0 Å². The van der Waals surface area contributed by atoms with Gasteiger partial charge < -0.3 is 9.64 Å². The first-order valence-corrected chi connectivity index (χ1v) is 7.99. The predicted molar refractivity (Wildman–Crippen MR) is 89.0 cm³/mol. The summed E-state index contributed by atoms with van der Waals surface area (Å²) in [7, 11) is 0. The number of allylic oxidation sites excluding steroid dienone is 5. The predicted octanol–water partition coefficient (Wildman–Crippen LogP) is 4.07. The SMILES string of the molecule is ClCCOCCN1C2=CC=CCC2=CCc2ccccc21. The van der Waals surface area contributed by atoms with E-state index in [4.69, 9.17) is 16.3 Å². The topological polar surface area (TPSA) is 12.5 Å². The first kappa shape index (κ1) is 14.4. The molecule has 0 amide bonds. The van der Waals surface area contributed by atoms with Gasteiger partial charge in [-0.2, -0.15) is 0 Å². The van der Waals surface area contributed by atoms with Gasteiger partial charge in [0.15, 0.2) is 0 Å². The number of benzene rings is 1. The monoisotopic (exact) mass is 301 g/mol. The van der Waals surface area contributed by atoms with Crippen LogP contribution in [0, 0.1) is 0 Å². The van der Waals surface area contributed by atoms with E-state index in [1.54, 1.807) is 0 Å². The minimum atomic E-state index is 0.549. The van der Waals surface area contributed by atoms with Crippen molar-refractivity contribution in [2.45, 2.75) is 12.8 Å². The standard InChI is InChI=1S/C18H20ClNO/c19-11-13-21-14-12-20-17-7-3-1-5-15(17)9-10-16-6-2-4-8-18(16)20/h1-5,7-8,10H,6,9,11-14H2. The second-order valence-electron chi connectivity index (χ2n) is 5.20. The number of fused-ring (bicyclic) bond motifs is 2. The van der Waals surface area contributed by atoms with Crippen LogP contribution in [-0.4, -0.2) is 25.6 Å². The Hall–Kier alpha value is -1.51. The number of para-hydroxylation sites is 1. The van der Waals surface area contributed by atoms with Crippen molar-refractivity contribution in [3.8, 4) is 0 Å². The van der Waals surface area contributed by atoms with Gasteiger partial charge in [-0.25, -0.2) is 0 Å². The van der Waals surface area contributed by atoms with E-state index >= 15 is 0 Å². The molecular weight excluding hydrogens is 282 g/mol. The van der Waals surface area contributed by atoms with E-state index in [1.165, 1.54) is 22.5 Å². The second-order valence-corrected chi connectivity index (χ2v) is 5.58. The Labute approximate surface area is 131 Å². The van der Waals surface area contributed by atoms with E-state index in [0.717, 1.165) is 19.4 Å². The summed E-state index contributed by atoms with van der Waals surface area (Å²) >= 11 is 5.67. The zero-order valence-electron chi connectivity index (χ0n) is 12.1. The number of hydrogen-bond acceptors (Lipinski definition) is 2. The average molecular weight is 302 g/mol. The highest BCUT2D eigenvalue weighted by Gasteiger charge is 2.21. The lowest BCUT2D eigenvalue weighted by Crippen LogP contribution is -2.28. The van der Waals surface area contributed by atoms with E-state index in [0.29, 0.717) is 19.1 Å². The van der Waals surface area contributed by atoms with Crippen LogP contribution in [0.4, 0.5) is 5.69 Å². The molecule has 3 heteroatoms. The summed E-state index contributed by atoms with van der Waals surface area (Å²) in [6.45, 7) is 2.15. The molecule has 0 aromatic heterocycles. The van der Waals surface area contributed by atoms with E-state index < -0.39 is 0 Å². The lowest BCUT2D eigenvalue weighted by atomic mass is 10.0. The zero-order valence-corrected chi connectivity index (χ0v) is 12.9. The number of halogens is 1. The van der Waals surface area contributed by atoms with Crippen LogP contribution >= 0.6 is 11.6 Å². The average Bonchev–Trinajstić information content (AvgIpc) is 2.69. The number of alkyl halides is 1. The van der Waals surface area contributed by atoms with Gasteiger partial charge in [-0.1, -0.05) is 36.4 Å². The molecule has 0 N–H and O–H groups in total. The van der Waals surface area contributed by atoms with E-state index in [-0.39, 0.29) is 0 Å². The summed E-state index contributed by atoms with van der Waals surface area (Å²) in [5.74, 6) is 0.549. The van der Waals surface area contributed by atoms with Crippen LogP contribution in [0.15, 0.2) is 59.8 Å². The third-order valence-corrected chi connectivity index (χ3v) is 4.03. The van der Waals surface area contributed by atoms with Crippen molar-refractivity contribution < 1.29 is 4.74 Å². The molecule has 0 spiro atoms. The van der Waals surface area contributed by atoms with Crippen molar-refractivity contribution in [3.05, 3.63) is 65.4 Å². The fourth-order valence-corrected chi connectivity index (χ4v) is 2.99. The van der Waals surface area contributed by atoms with Gasteiger partial charge in [-0.15, -0.1) is 11.6 Å². The molecule has 0 fully saturated rings. The van der Waals surface area contributed by atoms with Crippen LogP contribution in [-0.2, 0) is 11.2 Å². The Balaban J connectivity index is 1.89. The van der Waals surface area contributed by atoms with Crippen LogP contribution < -0.4 is 4.90 Å². The van der Waals surface area contributed by atoms with Crippen molar-refractivity contribution >= 4 is 17.3 Å². The maximum atomic E-state index is 5.67. The van der Waals surface area contributed by atoms with Crippen molar-refractivity contribution in [2.75, 3.05) is 30.5 Å². The molecule has 1 aliphatic carbocycles. The summed E-state index contributed by atoms with van der Waals surface area (Å²) in [5.41, 5.74) is 5.38. The fraction of sp³-hybridized carbons (Fsp3) is 0.333. The maximum absolute atomic E-state index is 5.67. The first-order chi connectivity index (χ1) is 10.4. The third-order valence-electron chi connectivity index (χ3n) is 3.88. The molecule has 1 aromatic carbocycles. The highest BCUT2D eigenvalue weighted by atomic mass is 35.5. The molecule has 1 aromatic rings. The molecule has 3 rings (SSSR count). The van der Waals surface area contributed by atoms with Gasteiger partial charge in [0.05, 0.1) is 13.2 Å². The van der Waals surface area contributed by atoms with Gasteiger partial charge in [0, 0.05) is 23.8 Å². The Bertz CT molecular complexity index is 589. The quantitative estimate of drug-likeness (QED) is 0.600. The number of anilines is 1. The van der Waals surface area contributed by atoms with Gasteiger partial charge in [-0.3, -0.25) is 0 Å². The number of rotatable bonds is 5. The van der Waals surface area contributed by atoms with Crippen LogP contribution in [0.5, 0.6) is 0 Å². The molecule has 0 radical (unpaired) electrons. The highest BCUT2D eigenvalue weighted by molar-refractivity contribution is 6.17. The van der Waals surface area contributed by atoms with Crippen LogP contribution in [0.2, 0.25) is 0 Å². The molecule has 21 heavy (non-hydrogen) atoms. The van der Waals surface area contributed by atoms with Gasteiger partial charge in [0.2, 0.25) is 0 Å². The summed E-state index contributed by atoms with van der Waals surface area (Å²) < 4.78 is 5.58. The minimum Gasteiger partial charge on any atom is -0.378 e. The van der Waals surface area contributed by atoms with Crippen molar-refractivity contribution in [1.82, 2.24) is 0 Å². The highest BCUT2D eigenvalue weighted by Crippen LogP contribution is 2.34. The molecule has 2 nitrogen and oxygen atoms in total. The molecule has 110 valence electrons. The lowest BCUT2D eigenvalue weighted by Gasteiger charge is -2.29. The van der Waals surface area contributed by atoms with Crippen molar-refractivity contribution in [3.63, 3.8) is 0 Å². The fourth-order valence-electron chi connectivity index (χ4n) is 2.88. The Morgan fingerprint density at radius 3 is 2.95 bits per heavy atom. The molecule has 1 aliphatic heterocycles. The number of hydrogen-bond donors (Lipinski definition) is 0. The van der Waals surface area contributed by atoms with Crippen LogP contribution in [0.1, 0.15) is 12.0 Å². The molecule has 0 atom stereocenters. The second kappa shape index (κ2) is 6.97. The van der Waals surface area contributed by atoms with E-state index in [1.807, 2.05) is 0 Å². The summed E-state index contributed by atoms with van der Waals surface area (Å²) in [6.07, 6.45) is 10.9. The minimum absolute atomic E-state index is 0.549. The maximum Gasteiger partial charge on any atom is 0.0646 e. The van der Waals surface area contributed by atoms with Crippen molar-refractivity contribution in [2.24, 2.45) is 0 Å². The normalized spacial score (nSPS) is 16.7. The largest absolute Gasteiger partial charge is 0.378 e. The third kappa shape index (κ3) is 3.22. The molecule has 0 saturated heterocycles. The van der Waals surface area contributed by atoms with Crippen molar-refractivity contribution in [1.29, 1.82) is 0 Å². The number of ether oxygens (including phenoxy) is 1. The van der Waals surface area contributed by atoms with Crippen LogP contribution in [0.3, 0.4) is 0 Å². The lowest BCUT2D eigenvalue weighted by molar-refractivity contribution is 0.156. The Morgan fingerprint density at radius 1 is 1.14 bits per heavy atom. The van der Waals surface area contributed by atoms with Gasteiger partial charge in [0.1, 0.15) is 0 Å². The first-order valence-electron chi connectivity index (χ1n) is 7.45. The zero-order chi connectivity index (χ0) is 14.5. The number of nitrogens with zero attached hydrogens (tertiary/aromatic N) is 1. The van der Waals surface area contributed by atoms with E-state index in [2.05, 4.69) is 53.5 Å². The molecule has 0 bridgehead atoms. The summed E-state index contributed by atoms with van der Waals surface area (Å²) in [6, 6.07) is 8.63. The summed E-state index contributed by atoms with van der Waals surface area (Å²) in [5, 5.41) is 0. The van der Waals surface area contributed by atoms with E-state index in [9.17, 15) is 0 Å². The van der Waals surface area contributed by atoms with Gasteiger partial charge >= 0.3 is 0 Å². The smallest absolute Gasteiger partial charge is 0.0646 e.